The maximum absolute atomic E-state index is 5.70. The molecule has 1 aromatic rings. The molecule has 1 aliphatic rings. The summed E-state index contributed by atoms with van der Waals surface area (Å²) in [4.78, 5) is 8.11. The van der Waals surface area contributed by atoms with Gasteiger partial charge in [-0.15, -0.1) is 0 Å². The van der Waals surface area contributed by atoms with Gasteiger partial charge in [-0.1, -0.05) is 6.92 Å². The Morgan fingerprint density at radius 2 is 2.33 bits per heavy atom. The molecule has 1 saturated heterocycles. The van der Waals surface area contributed by atoms with Crippen molar-refractivity contribution in [3.8, 4) is 5.88 Å². The Hall–Kier alpha value is -1.36. The summed E-state index contributed by atoms with van der Waals surface area (Å²) in [5, 5.41) is 0. The van der Waals surface area contributed by atoms with E-state index >= 15 is 0 Å². The fourth-order valence-electron chi connectivity index (χ4n) is 1.35. The quantitative estimate of drug-likeness (QED) is 0.796. The van der Waals surface area contributed by atoms with E-state index in [1.165, 1.54) is 0 Å². The van der Waals surface area contributed by atoms with Gasteiger partial charge in [0.25, 0.3) is 0 Å². The van der Waals surface area contributed by atoms with E-state index in [-0.39, 0.29) is 5.41 Å². The van der Waals surface area contributed by atoms with E-state index in [4.69, 9.17) is 15.2 Å². The standard InChI is InChI=1S/C10H15N3O2/c1-7-12-3-8(11)9(13-7)15-6-10(2)4-14-5-10/h3H,4-6,11H2,1-2H3. The lowest BCUT2D eigenvalue weighted by molar-refractivity contribution is -0.120. The van der Waals surface area contributed by atoms with Crippen LogP contribution in [0, 0.1) is 12.3 Å². The zero-order valence-corrected chi connectivity index (χ0v) is 8.99. The Labute approximate surface area is 88.6 Å². The number of nitrogens with two attached hydrogens (primary N) is 1. The van der Waals surface area contributed by atoms with Gasteiger partial charge in [-0.3, -0.25) is 0 Å². The molecule has 2 heterocycles. The van der Waals surface area contributed by atoms with Crippen LogP contribution in [-0.4, -0.2) is 29.8 Å². The molecule has 15 heavy (non-hydrogen) atoms. The normalized spacial score (nSPS) is 18.3. The van der Waals surface area contributed by atoms with Crippen LogP contribution in [0.3, 0.4) is 0 Å². The summed E-state index contributed by atoms with van der Waals surface area (Å²) < 4.78 is 10.7. The molecule has 0 unspecified atom stereocenters. The Morgan fingerprint density at radius 1 is 1.60 bits per heavy atom. The summed E-state index contributed by atoms with van der Waals surface area (Å²) in [5.74, 6) is 1.13. The molecule has 1 aliphatic heterocycles. The molecule has 1 aromatic heterocycles. The van der Waals surface area contributed by atoms with Gasteiger partial charge in [-0.2, -0.15) is 4.98 Å². The second kappa shape index (κ2) is 3.66. The number of aryl methyl sites for hydroxylation is 1. The Bertz CT molecular complexity index is 364. The topological polar surface area (TPSA) is 70.3 Å². The smallest absolute Gasteiger partial charge is 0.240 e. The van der Waals surface area contributed by atoms with Crippen molar-refractivity contribution in [2.24, 2.45) is 5.41 Å². The first-order valence-electron chi connectivity index (χ1n) is 4.89. The van der Waals surface area contributed by atoms with Gasteiger partial charge in [0.2, 0.25) is 5.88 Å². The highest BCUT2D eigenvalue weighted by Crippen LogP contribution is 2.28. The van der Waals surface area contributed by atoms with Crippen LogP contribution in [0.25, 0.3) is 0 Å². The van der Waals surface area contributed by atoms with Crippen LogP contribution in [0.4, 0.5) is 5.69 Å². The molecular formula is C10H15N3O2. The second-order valence-corrected chi connectivity index (χ2v) is 4.27. The molecule has 0 aromatic carbocycles. The van der Waals surface area contributed by atoms with Crippen molar-refractivity contribution in [2.45, 2.75) is 13.8 Å². The Kier molecular flexibility index (Phi) is 2.48. The monoisotopic (exact) mass is 209 g/mol. The zero-order chi connectivity index (χ0) is 10.9. The molecule has 2 rings (SSSR count). The van der Waals surface area contributed by atoms with Gasteiger partial charge in [-0.25, -0.2) is 4.98 Å². The summed E-state index contributed by atoms with van der Waals surface area (Å²) in [5.41, 5.74) is 6.28. The van der Waals surface area contributed by atoms with Crippen LogP contribution < -0.4 is 10.5 Å². The van der Waals surface area contributed by atoms with Crippen molar-refractivity contribution in [1.82, 2.24) is 9.97 Å². The molecule has 0 atom stereocenters. The van der Waals surface area contributed by atoms with Crippen molar-refractivity contribution in [3.05, 3.63) is 12.0 Å². The van der Waals surface area contributed by atoms with Crippen LogP contribution in [0.1, 0.15) is 12.7 Å². The van der Waals surface area contributed by atoms with Crippen LogP contribution in [0.5, 0.6) is 5.88 Å². The third kappa shape index (κ3) is 2.18. The molecule has 5 nitrogen and oxygen atoms in total. The number of aromatic nitrogens is 2. The number of hydrogen-bond acceptors (Lipinski definition) is 5. The van der Waals surface area contributed by atoms with E-state index < -0.39 is 0 Å². The molecule has 1 fully saturated rings. The van der Waals surface area contributed by atoms with Gasteiger partial charge in [0.1, 0.15) is 11.5 Å². The van der Waals surface area contributed by atoms with E-state index in [0.717, 1.165) is 13.2 Å². The molecule has 0 saturated carbocycles. The maximum atomic E-state index is 5.70. The molecule has 0 spiro atoms. The summed E-state index contributed by atoms with van der Waals surface area (Å²) in [6.07, 6.45) is 1.57. The lowest BCUT2D eigenvalue weighted by Gasteiger charge is -2.37. The van der Waals surface area contributed by atoms with Gasteiger partial charge in [-0.05, 0) is 6.92 Å². The third-order valence-electron chi connectivity index (χ3n) is 2.36. The number of rotatable bonds is 3. The third-order valence-corrected chi connectivity index (χ3v) is 2.36. The molecule has 0 radical (unpaired) electrons. The Morgan fingerprint density at radius 3 is 2.93 bits per heavy atom. The van der Waals surface area contributed by atoms with Crippen molar-refractivity contribution >= 4 is 5.69 Å². The predicted octanol–water partition coefficient (Wildman–Crippen LogP) is 0.783. The van der Waals surface area contributed by atoms with Crippen molar-refractivity contribution in [2.75, 3.05) is 25.6 Å². The second-order valence-electron chi connectivity index (χ2n) is 4.27. The van der Waals surface area contributed by atoms with Gasteiger partial charge >= 0.3 is 0 Å². The van der Waals surface area contributed by atoms with Gasteiger partial charge in [0.15, 0.2) is 0 Å². The molecule has 82 valence electrons. The number of hydrogen-bond donors (Lipinski definition) is 1. The van der Waals surface area contributed by atoms with Gasteiger partial charge in [0, 0.05) is 5.41 Å². The number of nitrogens with zero attached hydrogens (tertiary/aromatic N) is 2. The first kappa shape index (κ1) is 10.2. The molecule has 0 amide bonds. The van der Waals surface area contributed by atoms with Crippen molar-refractivity contribution < 1.29 is 9.47 Å². The van der Waals surface area contributed by atoms with E-state index in [1.54, 1.807) is 13.1 Å². The summed E-state index contributed by atoms with van der Waals surface area (Å²) in [7, 11) is 0. The molecule has 0 bridgehead atoms. The van der Waals surface area contributed by atoms with E-state index in [0.29, 0.717) is 24.0 Å². The average molecular weight is 209 g/mol. The minimum atomic E-state index is 0.102. The van der Waals surface area contributed by atoms with Crippen molar-refractivity contribution in [1.29, 1.82) is 0 Å². The van der Waals surface area contributed by atoms with Crippen LogP contribution in [-0.2, 0) is 4.74 Å². The minimum absolute atomic E-state index is 0.102. The number of nitrogen functional groups attached to an aromatic ring is 1. The van der Waals surface area contributed by atoms with E-state index in [9.17, 15) is 0 Å². The number of anilines is 1. The molecule has 0 aliphatic carbocycles. The minimum Gasteiger partial charge on any atom is -0.475 e. The fraction of sp³-hybridized carbons (Fsp3) is 0.600. The van der Waals surface area contributed by atoms with Crippen LogP contribution >= 0.6 is 0 Å². The summed E-state index contributed by atoms with van der Waals surface area (Å²) in [6.45, 7) is 5.96. The highest BCUT2D eigenvalue weighted by Gasteiger charge is 2.34. The lowest BCUT2D eigenvalue weighted by Crippen LogP contribution is -2.44. The van der Waals surface area contributed by atoms with Gasteiger partial charge in [0.05, 0.1) is 26.0 Å². The van der Waals surface area contributed by atoms with Crippen LogP contribution in [0.2, 0.25) is 0 Å². The molecular weight excluding hydrogens is 194 g/mol. The fourth-order valence-corrected chi connectivity index (χ4v) is 1.35. The number of ether oxygens (including phenoxy) is 2. The van der Waals surface area contributed by atoms with Crippen LogP contribution in [0.15, 0.2) is 6.20 Å². The van der Waals surface area contributed by atoms with E-state index in [1.807, 2.05) is 0 Å². The largest absolute Gasteiger partial charge is 0.475 e. The lowest BCUT2D eigenvalue weighted by atomic mass is 9.90. The summed E-state index contributed by atoms with van der Waals surface area (Å²) >= 11 is 0. The van der Waals surface area contributed by atoms with E-state index in [2.05, 4.69) is 16.9 Å². The molecule has 5 heteroatoms. The first-order chi connectivity index (χ1) is 7.09. The highest BCUT2D eigenvalue weighted by atomic mass is 16.5. The Balaban J connectivity index is 2.01. The molecule has 2 N–H and O–H groups in total. The first-order valence-corrected chi connectivity index (χ1v) is 4.89. The zero-order valence-electron chi connectivity index (χ0n) is 8.99. The predicted molar refractivity (Wildman–Crippen MR) is 55.6 cm³/mol. The average Bonchev–Trinajstić information content (AvgIpc) is 2.17. The summed E-state index contributed by atoms with van der Waals surface area (Å²) in [6, 6.07) is 0. The van der Waals surface area contributed by atoms with Gasteiger partial charge < -0.3 is 15.2 Å². The highest BCUT2D eigenvalue weighted by molar-refractivity contribution is 5.45. The maximum Gasteiger partial charge on any atom is 0.240 e. The van der Waals surface area contributed by atoms with Crippen molar-refractivity contribution in [3.63, 3.8) is 0 Å². The SMILES string of the molecule is Cc1ncc(N)c(OCC2(C)COC2)n1.